The molecule has 1 N–H and O–H groups in total. The fraction of sp³-hybridized carbons (Fsp3) is 0.462. The highest BCUT2D eigenvalue weighted by Crippen LogP contribution is 2.13. The summed E-state index contributed by atoms with van der Waals surface area (Å²) in [4.78, 5) is 12.8. The number of pyridine rings is 1. The van der Waals surface area contributed by atoms with Crippen molar-refractivity contribution in [2.45, 2.75) is 26.4 Å². The topological polar surface area (TPSA) is 59.9 Å². The van der Waals surface area contributed by atoms with Gasteiger partial charge >= 0.3 is 0 Å². The molecule has 0 aliphatic heterocycles. The molecule has 0 saturated carbocycles. The van der Waals surface area contributed by atoms with Crippen LogP contribution in [0.1, 0.15) is 20.8 Å². The number of hydrogen-bond donors (Lipinski definition) is 1. The summed E-state index contributed by atoms with van der Waals surface area (Å²) < 4.78 is 5.62. The maximum Gasteiger partial charge on any atom is 0.180 e. The van der Waals surface area contributed by atoms with Crippen molar-refractivity contribution in [3.8, 4) is 0 Å². The van der Waals surface area contributed by atoms with Gasteiger partial charge in [-0.1, -0.05) is 0 Å². The zero-order chi connectivity index (χ0) is 13.0. The minimum Gasteiger partial charge on any atom is -0.374 e. The van der Waals surface area contributed by atoms with Crippen LogP contribution in [0, 0.1) is 0 Å². The van der Waals surface area contributed by atoms with Crippen LogP contribution in [-0.4, -0.2) is 33.7 Å². The first-order valence-corrected chi connectivity index (χ1v) is 6.06. The average molecular weight is 246 g/mol. The van der Waals surface area contributed by atoms with Crippen molar-refractivity contribution in [3.63, 3.8) is 0 Å². The Morgan fingerprint density at radius 2 is 2.00 bits per heavy atom. The molecular formula is C13H18N4O. The van der Waals surface area contributed by atoms with E-state index >= 15 is 0 Å². The van der Waals surface area contributed by atoms with Gasteiger partial charge in [-0.25, -0.2) is 9.97 Å². The van der Waals surface area contributed by atoms with Gasteiger partial charge in [0.15, 0.2) is 5.65 Å². The van der Waals surface area contributed by atoms with Gasteiger partial charge in [0, 0.05) is 25.5 Å². The van der Waals surface area contributed by atoms with E-state index in [9.17, 15) is 0 Å². The molecule has 0 aromatic carbocycles. The lowest BCUT2D eigenvalue weighted by molar-refractivity contribution is 0.000646. The zero-order valence-corrected chi connectivity index (χ0v) is 11.0. The number of hydrogen-bond acceptors (Lipinski definition) is 5. The molecule has 2 aromatic heterocycles. The summed E-state index contributed by atoms with van der Waals surface area (Å²) in [6.45, 7) is 7.48. The Morgan fingerprint density at radius 3 is 2.78 bits per heavy atom. The van der Waals surface area contributed by atoms with E-state index in [0.717, 1.165) is 11.3 Å². The highest BCUT2D eigenvalue weighted by molar-refractivity contribution is 5.71. The van der Waals surface area contributed by atoms with E-state index in [1.807, 2.05) is 32.9 Å². The molecule has 0 atom stereocenters. The van der Waals surface area contributed by atoms with Crippen LogP contribution in [0.3, 0.4) is 0 Å². The normalized spacial score (nSPS) is 11.7. The van der Waals surface area contributed by atoms with E-state index in [1.54, 1.807) is 12.4 Å². The van der Waals surface area contributed by atoms with Crippen LogP contribution in [-0.2, 0) is 4.74 Å². The minimum absolute atomic E-state index is 0.215. The molecule has 2 heterocycles. The van der Waals surface area contributed by atoms with E-state index < -0.39 is 0 Å². The van der Waals surface area contributed by atoms with Crippen molar-refractivity contribution in [2.24, 2.45) is 0 Å². The summed E-state index contributed by atoms with van der Waals surface area (Å²) in [5.74, 6) is 0.788. The van der Waals surface area contributed by atoms with Crippen LogP contribution in [0.2, 0.25) is 0 Å². The lowest BCUT2D eigenvalue weighted by Gasteiger charge is -2.25. The van der Waals surface area contributed by atoms with Crippen molar-refractivity contribution >= 4 is 17.0 Å². The lowest BCUT2D eigenvalue weighted by Crippen LogP contribution is -2.33. The Balaban J connectivity index is 2.08. The van der Waals surface area contributed by atoms with Crippen LogP contribution < -0.4 is 5.32 Å². The Bertz CT molecular complexity index is 527. The molecule has 2 aromatic rings. The van der Waals surface area contributed by atoms with Gasteiger partial charge in [0.25, 0.3) is 0 Å². The Hall–Kier alpha value is -1.75. The molecule has 5 heteroatoms. The minimum atomic E-state index is -0.215. The monoisotopic (exact) mass is 246 g/mol. The van der Waals surface area contributed by atoms with Crippen molar-refractivity contribution < 1.29 is 4.74 Å². The quantitative estimate of drug-likeness (QED) is 0.876. The van der Waals surface area contributed by atoms with E-state index in [-0.39, 0.29) is 5.60 Å². The van der Waals surface area contributed by atoms with Crippen LogP contribution in [0.25, 0.3) is 11.2 Å². The molecule has 0 aliphatic rings. The standard InChI is InChI=1S/C13H18N4O/c1-4-18-13(2,3)9-16-11-6-5-10-12(17-11)15-8-7-14-10/h5-8H,4,9H2,1-3H3,(H,15,16,17). The molecule has 0 saturated heterocycles. The second-order valence-corrected chi connectivity index (χ2v) is 4.64. The molecular weight excluding hydrogens is 228 g/mol. The molecule has 0 aliphatic carbocycles. The molecule has 0 radical (unpaired) electrons. The number of fused-ring (bicyclic) bond motifs is 1. The zero-order valence-electron chi connectivity index (χ0n) is 11.0. The van der Waals surface area contributed by atoms with E-state index in [1.165, 1.54) is 0 Å². The third kappa shape index (κ3) is 3.13. The van der Waals surface area contributed by atoms with Gasteiger partial charge < -0.3 is 10.1 Å². The van der Waals surface area contributed by atoms with Gasteiger partial charge in [-0.3, -0.25) is 4.98 Å². The highest BCUT2D eigenvalue weighted by Gasteiger charge is 2.17. The van der Waals surface area contributed by atoms with Crippen molar-refractivity contribution in [3.05, 3.63) is 24.5 Å². The molecule has 0 bridgehead atoms. The second-order valence-electron chi connectivity index (χ2n) is 4.64. The maximum atomic E-state index is 5.62. The molecule has 2 rings (SSSR count). The van der Waals surface area contributed by atoms with Gasteiger partial charge in [0.2, 0.25) is 0 Å². The number of anilines is 1. The molecule has 0 amide bonds. The van der Waals surface area contributed by atoms with E-state index in [2.05, 4.69) is 20.3 Å². The summed E-state index contributed by atoms with van der Waals surface area (Å²) in [5, 5.41) is 3.26. The van der Waals surface area contributed by atoms with Crippen LogP contribution >= 0.6 is 0 Å². The average Bonchev–Trinajstić information content (AvgIpc) is 2.36. The number of nitrogens with zero attached hydrogens (tertiary/aromatic N) is 3. The number of ether oxygens (including phenoxy) is 1. The van der Waals surface area contributed by atoms with Gasteiger partial charge in [-0.2, -0.15) is 0 Å². The molecule has 0 fully saturated rings. The van der Waals surface area contributed by atoms with E-state index in [4.69, 9.17) is 4.74 Å². The highest BCUT2D eigenvalue weighted by atomic mass is 16.5. The molecule has 0 spiro atoms. The summed E-state index contributed by atoms with van der Waals surface area (Å²) in [6, 6.07) is 3.81. The predicted molar refractivity (Wildman–Crippen MR) is 71.5 cm³/mol. The van der Waals surface area contributed by atoms with Crippen LogP contribution in [0.15, 0.2) is 24.5 Å². The van der Waals surface area contributed by atoms with Gasteiger partial charge in [-0.15, -0.1) is 0 Å². The summed E-state index contributed by atoms with van der Waals surface area (Å²) in [6.07, 6.45) is 3.30. The molecule has 5 nitrogen and oxygen atoms in total. The largest absolute Gasteiger partial charge is 0.374 e. The number of aromatic nitrogens is 3. The first kappa shape index (κ1) is 12.7. The molecule has 0 unspecified atom stereocenters. The summed E-state index contributed by atoms with van der Waals surface area (Å²) in [7, 11) is 0. The van der Waals surface area contributed by atoms with Gasteiger partial charge in [0.1, 0.15) is 11.3 Å². The third-order valence-corrected chi connectivity index (χ3v) is 2.56. The number of rotatable bonds is 5. The fourth-order valence-electron chi connectivity index (χ4n) is 1.70. The molecule has 18 heavy (non-hydrogen) atoms. The van der Waals surface area contributed by atoms with E-state index in [0.29, 0.717) is 18.8 Å². The second kappa shape index (κ2) is 5.27. The first-order valence-electron chi connectivity index (χ1n) is 6.06. The summed E-state index contributed by atoms with van der Waals surface area (Å²) >= 11 is 0. The van der Waals surface area contributed by atoms with Crippen molar-refractivity contribution in [2.75, 3.05) is 18.5 Å². The molecule has 96 valence electrons. The van der Waals surface area contributed by atoms with Gasteiger partial charge in [-0.05, 0) is 32.9 Å². The van der Waals surface area contributed by atoms with Crippen molar-refractivity contribution in [1.82, 2.24) is 15.0 Å². The van der Waals surface area contributed by atoms with Gasteiger partial charge in [0.05, 0.1) is 5.60 Å². The van der Waals surface area contributed by atoms with Crippen molar-refractivity contribution in [1.29, 1.82) is 0 Å². The maximum absolute atomic E-state index is 5.62. The fourth-order valence-corrected chi connectivity index (χ4v) is 1.70. The van der Waals surface area contributed by atoms with Crippen LogP contribution in [0.4, 0.5) is 5.82 Å². The Labute approximate surface area is 107 Å². The predicted octanol–water partition coefficient (Wildman–Crippen LogP) is 2.25. The smallest absolute Gasteiger partial charge is 0.180 e. The summed E-state index contributed by atoms with van der Waals surface area (Å²) in [5.41, 5.74) is 1.23. The Kier molecular flexibility index (Phi) is 3.72. The Morgan fingerprint density at radius 1 is 1.22 bits per heavy atom. The lowest BCUT2D eigenvalue weighted by atomic mass is 10.1. The first-order chi connectivity index (χ1) is 8.61. The SMILES string of the molecule is CCOC(C)(C)CNc1ccc2nccnc2n1. The van der Waals surface area contributed by atoms with Crippen LogP contribution in [0.5, 0.6) is 0 Å². The number of nitrogens with one attached hydrogen (secondary N) is 1. The third-order valence-electron chi connectivity index (χ3n) is 2.56.